The molecule has 3 aromatic heterocycles. The minimum Gasteiger partial charge on any atom is -0.366 e. The summed E-state index contributed by atoms with van der Waals surface area (Å²) in [6.45, 7) is 2.64. The van der Waals surface area contributed by atoms with Crippen LogP contribution in [0.15, 0.2) is 61.3 Å². The molecule has 2 aliphatic rings. The Hall–Kier alpha value is -4.11. The van der Waals surface area contributed by atoms with Gasteiger partial charge in [-0.15, -0.1) is 0 Å². The van der Waals surface area contributed by atoms with Crippen LogP contribution in [0.4, 0.5) is 11.5 Å². The molecule has 0 unspecified atom stereocenters. The predicted octanol–water partition coefficient (Wildman–Crippen LogP) is 3.26. The van der Waals surface area contributed by atoms with Crippen LogP contribution < -0.4 is 16.0 Å². The fourth-order valence-electron chi connectivity index (χ4n) is 4.58. The molecular formula is C25H24N8O. The van der Waals surface area contributed by atoms with Gasteiger partial charge >= 0.3 is 0 Å². The minimum absolute atomic E-state index is 0.213. The maximum atomic E-state index is 13.0. The summed E-state index contributed by atoms with van der Waals surface area (Å²) in [5.41, 5.74) is 5.76. The fourth-order valence-corrected chi connectivity index (χ4v) is 4.58. The molecule has 1 aromatic carbocycles. The highest BCUT2D eigenvalue weighted by molar-refractivity contribution is 6.05. The van der Waals surface area contributed by atoms with Crippen molar-refractivity contribution in [3.05, 3.63) is 78.0 Å². The molecule has 34 heavy (non-hydrogen) atoms. The van der Waals surface area contributed by atoms with E-state index in [0.717, 1.165) is 59.5 Å². The second kappa shape index (κ2) is 8.68. The number of rotatable bonds is 4. The van der Waals surface area contributed by atoms with Crippen molar-refractivity contribution in [3.8, 4) is 0 Å². The van der Waals surface area contributed by atoms with Gasteiger partial charge in [0, 0.05) is 36.9 Å². The SMILES string of the molecule is O=C(Nc1cnn(C2CCNCC2)c1)c1cnc2c(c1)C(c1ccc3nccnc3c1)=CCN2. The van der Waals surface area contributed by atoms with Gasteiger partial charge < -0.3 is 16.0 Å². The number of carbonyl (C=O) groups excluding carboxylic acids is 1. The molecule has 6 rings (SSSR count). The first kappa shape index (κ1) is 20.5. The Kier molecular flexibility index (Phi) is 5.23. The van der Waals surface area contributed by atoms with Gasteiger partial charge in [0.05, 0.1) is 34.5 Å². The van der Waals surface area contributed by atoms with E-state index in [2.05, 4.69) is 42.1 Å². The number of anilines is 2. The van der Waals surface area contributed by atoms with Crippen LogP contribution in [0.2, 0.25) is 0 Å². The molecule has 0 aliphatic carbocycles. The monoisotopic (exact) mass is 452 g/mol. The van der Waals surface area contributed by atoms with E-state index in [1.807, 2.05) is 35.1 Å². The first-order valence-corrected chi connectivity index (χ1v) is 11.5. The second-order valence-electron chi connectivity index (χ2n) is 8.52. The third-order valence-corrected chi connectivity index (χ3v) is 6.34. The topological polar surface area (TPSA) is 110 Å². The van der Waals surface area contributed by atoms with Crippen molar-refractivity contribution in [3.63, 3.8) is 0 Å². The lowest BCUT2D eigenvalue weighted by Crippen LogP contribution is -2.29. The van der Waals surface area contributed by atoms with E-state index in [0.29, 0.717) is 23.8 Å². The molecule has 9 heteroatoms. The van der Waals surface area contributed by atoms with Crippen molar-refractivity contribution >= 4 is 34.0 Å². The number of amides is 1. The summed E-state index contributed by atoms with van der Waals surface area (Å²) in [6, 6.07) is 8.26. The molecule has 0 saturated carbocycles. The van der Waals surface area contributed by atoms with Gasteiger partial charge in [-0.25, -0.2) is 4.98 Å². The zero-order chi connectivity index (χ0) is 22.9. The van der Waals surface area contributed by atoms with Crippen molar-refractivity contribution in [1.29, 1.82) is 0 Å². The first-order chi connectivity index (χ1) is 16.7. The maximum absolute atomic E-state index is 13.0. The normalized spacial score (nSPS) is 15.9. The van der Waals surface area contributed by atoms with Gasteiger partial charge in [0.15, 0.2) is 0 Å². The molecule has 0 radical (unpaired) electrons. The highest BCUT2D eigenvalue weighted by atomic mass is 16.1. The molecule has 170 valence electrons. The van der Waals surface area contributed by atoms with E-state index < -0.39 is 0 Å². The molecule has 1 fully saturated rings. The average molecular weight is 453 g/mol. The largest absolute Gasteiger partial charge is 0.366 e. The van der Waals surface area contributed by atoms with E-state index in [1.165, 1.54) is 0 Å². The van der Waals surface area contributed by atoms with Crippen LogP contribution in [0.25, 0.3) is 16.6 Å². The van der Waals surface area contributed by atoms with Gasteiger partial charge in [0.2, 0.25) is 0 Å². The van der Waals surface area contributed by atoms with E-state index in [4.69, 9.17) is 0 Å². The number of carbonyl (C=O) groups is 1. The standard InChI is InChI=1S/C25H24N8O/c34-25(32-18-14-31-33(15-18)19-3-6-26-7-4-19)17-11-21-20(5-8-29-24(21)30-13-17)16-1-2-22-23(12-16)28-10-9-27-22/h1-2,5,9-15,19,26H,3-4,6-8H2,(H,29,30)(H,32,34). The Bertz CT molecular complexity index is 1400. The summed E-state index contributed by atoms with van der Waals surface area (Å²) in [5, 5.41) is 14.1. The van der Waals surface area contributed by atoms with Crippen LogP contribution in [-0.4, -0.2) is 50.3 Å². The number of aromatic nitrogens is 5. The van der Waals surface area contributed by atoms with E-state index >= 15 is 0 Å². The fraction of sp³-hybridized carbons (Fsp3) is 0.240. The highest BCUT2D eigenvalue weighted by Crippen LogP contribution is 2.33. The molecular weight excluding hydrogens is 428 g/mol. The Morgan fingerprint density at radius 2 is 1.88 bits per heavy atom. The van der Waals surface area contributed by atoms with E-state index in [1.54, 1.807) is 24.8 Å². The second-order valence-corrected chi connectivity index (χ2v) is 8.52. The Balaban J connectivity index is 1.26. The molecule has 0 spiro atoms. The summed E-state index contributed by atoms with van der Waals surface area (Å²) in [4.78, 5) is 26.4. The Morgan fingerprint density at radius 3 is 2.76 bits per heavy atom. The lowest BCUT2D eigenvalue weighted by molar-refractivity contribution is 0.102. The van der Waals surface area contributed by atoms with Crippen LogP contribution in [0, 0.1) is 0 Å². The number of hydrogen-bond acceptors (Lipinski definition) is 7. The zero-order valence-electron chi connectivity index (χ0n) is 18.5. The highest BCUT2D eigenvalue weighted by Gasteiger charge is 2.20. The molecule has 9 nitrogen and oxygen atoms in total. The van der Waals surface area contributed by atoms with Gasteiger partial charge in [-0.3, -0.25) is 19.4 Å². The molecule has 0 atom stereocenters. The lowest BCUT2D eigenvalue weighted by atomic mass is 9.94. The van der Waals surface area contributed by atoms with Crippen LogP contribution >= 0.6 is 0 Å². The number of fused-ring (bicyclic) bond motifs is 2. The lowest BCUT2D eigenvalue weighted by Gasteiger charge is -2.22. The number of pyridine rings is 1. The van der Waals surface area contributed by atoms with Crippen molar-refractivity contribution in [1.82, 2.24) is 30.0 Å². The van der Waals surface area contributed by atoms with Crippen molar-refractivity contribution < 1.29 is 4.79 Å². The minimum atomic E-state index is -0.213. The first-order valence-electron chi connectivity index (χ1n) is 11.5. The zero-order valence-corrected chi connectivity index (χ0v) is 18.5. The van der Waals surface area contributed by atoms with Gasteiger partial charge in [-0.1, -0.05) is 12.1 Å². The third kappa shape index (κ3) is 3.90. The quantitative estimate of drug-likeness (QED) is 0.436. The van der Waals surface area contributed by atoms with Crippen molar-refractivity contribution in [2.24, 2.45) is 0 Å². The van der Waals surface area contributed by atoms with Gasteiger partial charge in [-0.2, -0.15) is 5.10 Å². The van der Waals surface area contributed by atoms with Crippen LogP contribution in [0.3, 0.4) is 0 Å². The molecule has 5 heterocycles. The van der Waals surface area contributed by atoms with Crippen molar-refractivity contribution in [2.75, 3.05) is 30.3 Å². The number of benzene rings is 1. The van der Waals surface area contributed by atoms with E-state index in [-0.39, 0.29) is 5.91 Å². The Morgan fingerprint density at radius 1 is 1.03 bits per heavy atom. The average Bonchev–Trinajstić information content (AvgIpc) is 3.36. The molecule has 1 amide bonds. The van der Waals surface area contributed by atoms with Gasteiger partial charge in [-0.05, 0) is 55.3 Å². The van der Waals surface area contributed by atoms with Crippen molar-refractivity contribution in [2.45, 2.75) is 18.9 Å². The van der Waals surface area contributed by atoms with Crippen LogP contribution in [-0.2, 0) is 0 Å². The van der Waals surface area contributed by atoms with Crippen LogP contribution in [0.5, 0.6) is 0 Å². The molecule has 1 saturated heterocycles. The summed E-state index contributed by atoms with van der Waals surface area (Å²) in [6.07, 6.45) is 12.8. The maximum Gasteiger partial charge on any atom is 0.257 e. The smallest absolute Gasteiger partial charge is 0.257 e. The summed E-state index contributed by atoms with van der Waals surface area (Å²) in [7, 11) is 0. The number of nitrogens with one attached hydrogen (secondary N) is 3. The predicted molar refractivity (Wildman–Crippen MR) is 131 cm³/mol. The van der Waals surface area contributed by atoms with Gasteiger partial charge in [0.25, 0.3) is 5.91 Å². The summed E-state index contributed by atoms with van der Waals surface area (Å²) >= 11 is 0. The van der Waals surface area contributed by atoms with Crippen LogP contribution in [0.1, 0.15) is 40.4 Å². The van der Waals surface area contributed by atoms with Gasteiger partial charge in [0.1, 0.15) is 5.82 Å². The van der Waals surface area contributed by atoms with E-state index in [9.17, 15) is 4.79 Å². The summed E-state index contributed by atoms with van der Waals surface area (Å²) in [5.74, 6) is 0.543. The Labute approximate surface area is 196 Å². The molecule has 0 bridgehead atoms. The summed E-state index contributed by atoms with van der Waals surface area (Å²) < 4.78 is 1.95. The number of nitrogens with zero attached hydrogens (tertiary/aromatic N) is 5. The number of hydrogen-bond donors (Lipinski definition) is 3. The number of piperidine rings is 1. The third-order valence-electron chi connectivity index (χ3n) is 6.34. The molecule has 4 aromatic rings. The molecule has 3 N–H and O–H groups in total. The molecule has 2 aliphatic heterocycles.